The molecule has 0 bridgehead atoms. The second-order valence-corrected chi connectivity index (χ2v) is 5.08. The molecule has 0 heterocycles. The first-order valence-corrected chi connectivity index (χ1v) is 7.43. The number of ether oxygens (including phenoxy) is 3. The smallest absolute Gasteiger partial charge is 0.310 e. The van der Waals surface area contributed by atoms with Crippen molar-refractivity contribution in [1.29, 1.82) is 0 Å². The molecule has 1 amide bonds. The topological polar surface area (TPSA) is 73.9 Å². The van der Waals surface area contributed by atoms with Gasteiger partial charge in [-0.25, -0.2) is 4.39 Å². The maximum absolute atomic E-state index is 12.8. The van der Waals surface area contributed by atoms with Gasteiger partial charge in [0.15, 0.2) is 6.61 Å². The van der Waals surface area contributed by atoms with Gasteiger partial charge >= 0.3 is 5.97 Å². The van der Waals surface area contributed by atoms with E-state index in [1.807, 2.05) is 0 Å². The van der Waals surface area contributed by atoms with Crippen molar-refractivity contribution in [2.24, 2.45) is 0 Å². The molecule has 0 radical (unpaired) electrons. The number of methoxy groups -OCH3 is 2. The highest BCUT2D eigenvalue weighted by molar-refractivity contribution is 5.94. The minimum Gasteiger partial charge on any atom is -0.497 e. The Morgan fingerprint density at radius 3 is 2.40 bits per heavy atom. The summed E-state index contributed by atoms with van der Waals surface area (Å²) in [7, 11) is 2.99. The zero-order valence-corrected chi connectivity index (χ0v) is 13.9. The van der Waals surface area contributed by atoms with Crippen LogP contribution in [0.3, 0.4) is 0 Å². The van der Waals surface area contributed by atoms with Crippen LogP contribution >= 0.6 is 0 Å². The van der Waals surface area contributed by atoms with Gasteiger partial charge in [-0.3, -0.25) is 9.59 Å². The van der Waals surface area contributed by atoms with Crippen LogP contribution in [0.25, 0.3) is 0 Å². The second-order valence-electron chi connectivity index (χ2n) is 5.08. The van der Waals surface area contributed by atoms with Crippen LogP contribution in [0.5, 0.6) is 11.5 Å². The fourth-order valence-electron chi connectivity index (χ4n) is 2.05. The number of carbonyl (C=O) groups excluding carboxylic acids is 2. The van der Waals surface area contributed by atoms with Gasteiger partial charge in [-0.1, -0.05) is 12.1 Å². The SMILES string of the molecule is COc1ccc(NC(=O)COC(=O)Cc2ccc(F)cc2)c(OC)c1. The molecule has 25 heavy (non-hydrogen) atoms. The van der Waals surface area contributed by atoms with Crippen LogP contribution in [-0.2, 0) is 20.7 Å². The van der Waals surface area contributed by atoms with E-state index in [-0.39, 0.29) is 12.2 Å². The Bertz CT molecular complexity index is 746. The van der Waals surface area contributed by atoms with Crippen molar-refractivity contribution in [3.8, 4) is 11.5 Å². The van der Waals surface area contributed by atoms with E-state index in [4.69, 9.17) is 14.2 Å². The highest BCUT2D eigenvalue weighted by atomic mass is 19.1. The van der Waals surface area contributed by atoms with Crippen LogP contribution in [0, 0.1) is 5.82 Å². The molecule has 132 valence electrons. The number of carbonyl (C=O) groups is 2. The molecule has 0 aliphatic rings. The maximum atomic E-state index is 12.8. The van der Waals surface area contributed by atoms with Crippen LogP contribution in [-0.4, -0.2) is 32.7 Å². The van der Waals surface area contributed by atoms with E-state index in [9.17, 15) is 14.0 Å². The summed E-state index contributed by atoms with van der Waals surface area (Å²) in [5.74, 6) is -0.463. The van der Waals surface area contributed by atoms with E-state index in [2.05, 4.69) is 5.32 Å². The van der Waals surface area contributed by atoms with Gasteiger partial charge in [0.05, 0.1) is 26.3 Å². The Balaban J connectivity index is 1.86. The summed E-state index contributed by atoms with van der Waals surface area (Å²) in [5.41, 5.74) is 1.03. The number of anilines is 1. The molecule has 1 N–H and O–H groups in total. The number of benzene rings is 2. The Labute approximate surface area is 144 Å². The molecular weight excluding hydrogens is 329 g/mol. The van der Waals surface area contributed by atoms with Crippen molar-refractivity contribution in [3.05, 3.63) is 53.8 Å². The third-order valence-corrected chi connectivity index (χ3v) is 3.31. The lowest BCUT2D eigenvalue weighted by atomic mass is 10.1. The van der Waals surface area contributed by atoms with E-state index < -0.39 is 18.5 Å². The van der Waals surface area contributed by atoms with Crippen LogP contribution in [0.1, 0.15) is 5.56 Å². The van der Waals surface area contributed by atoms with Gasteiger partial charge in [-0.15, -0.1) is 0 Å². The molecule has 0 fully saturated rings. The normalized spacial score (nSPS) is 10.0. The molecule has 6 nitrogen and oxygen atoms in total. The Kier molecular flexibility index (Phi) is 6.33. The Hall–Kier alpha value is -3.09. The molecule has 2 rings (SSSR count). The lowest BCUT2D eigenvalue weighted by molar-refractivity contribution is -0.146. The Morgan fingerprint density at radius 2 is 1.76 bits per heavy atom. The number of halogens is 1. The standard InChI is InChI=1S/C18H18FNO5/c1-23-14-7-8-15(16(10-14)24-2)20-17(21)11-25-18(22)9-12-3-5-13(19)6-4-12/h3-8,10H,9,11H2,1-2H3,(H,20,21). The maximum Gasteiger partial charge on any atom is 0.310 e. The summed E-state index contributed by atoms with van der Waals surface area (Å²) in [6, 6.07) is 10.4. The molecule has 0 saturated carbocycles. The lowest BCUT2D eigenvalue weighted by Gasteiger charge is -2.11. The predicted octanol–water partition coefficient (Wildman–Crippen LogP) is 2.57. The van der Waals surface area contributed by atoms with Gasteiger partial charge in [-0.2, -0.15) is 0 Å². The number of hydrogen-bond acceptors (Lipinski definition) is 5. The van der Waals surface area contributed by atoms with Crippen LogP contribution in [0.2, 0.25) is 0 Å². The second kappa shape index (κ2) is 8.68. The van der Waals surface area contributed by atoms with Crippen molar-refractivity contribution in [3.63, 3.8) is 0 Å². The van der Waals surface area contributed by atoms with Crippen LogP contribution < -0.4 is 14.8 Å². The lowest BCUT2D eigenvalue weighted by Crippen LogP contribution is -2.22. The third-order valence-electron chi connectivity index (χ3n) is 3.31. The summed E-state index contributed by atoms with van der Waals surface area (Å²) in [6.45, 7) is -0.435. The largest absolute Gasteiger partial charge is 0.497 e. The predicted molar refractivity (Wildman–Crippen MR) is 89.2 cm³/mol. The minimum atomic E-state index is -0.580. The van der Waals surface area contributed by atoms with Gasteiger partial charge in [0, 0.05) is 6.07 Å². The first-order valence-electron chi connectivity index (χ1n) is 7.43. The van der Waals surface area contributed by atoms with Crippen molar-refractivity contribution in [1.82, 2.24) is 0 Å². The first kappa shape index (κ1) is 18.3. The molecule has 2 aromatic carbocycles. The summed E-state index contributed by atoms with van der Waals surface area (Å²) in [4.78, 5) is 23.6. The molecular formula is C18H18FNO5. The van der Waals surface area contributed by atoms with E-state index in [0.29, 0.717) is 22.7 Å². The summed E-state index contributed by atoms with van der Waals surface area (Å²) in [6.07, 6.45) is -0.0422. The number of hydrogen-bond donors (Lipinski definition) is 1. The van der Waals surface area contributed by atoms with E-state index in [1.54, 1.807) is 18.2 Å². The highest BCUT2D eigenvalue weighted by Crippen LogP contribution is 2.28. The zero-order chi connectivity index (χ0) is 18.2. The molecule has 2 aromatic rings. The average molecular weight is 347 g/mol. The van der Waals surface area contributed by atoms with Crippen LogP contribution in [0.4, 0.5) is 10.1 Å². The van der Waals surface area contributed by atoms with Gasteiger partial charge in [-0.05, 0) is 29.8 Å². The molecule has 0 unspecified atom stereocenters. The number of amides is 1. The number of rotatable bonds is 7. The minimum absolute atomic E-state index is 0.0422. The van der Waals surface area contributed by atoms with Gasteiger partial charge in [0.1, 0.15) is 17.3 Å². The molecule has 0 atom stereocenters. The zero-order valence-electron chi connectivity index (χ0n) is 13.9. The van der Waals surface area contributed by atoms with Crippen molar-refractivity contribution in [2.75, 3.05) is 26.1 Å². The molecule has 0 aliphatic carbocycles. The summed E-state index contributed by atoms with van der Waals surface area (Å²) >= 11 is 0. The summed E-state index contributed by atoms with van der Waals surface area (Å²) in [5, 5.41) is 2.59. The molecule has 0 spiro atoms. The monoisotopic (exact) mass is 347 g/mol. The Morgan fingerprint density at radius 1 is 1.04 bits per heavy atom. The van der Waals surface area contributed by atoms with Gasteiger partial charge < -0.3 is 19.5 Å². The van der Waals surface area contributed by atoms with Crippen molar-refractivity contribution in [2.45, 2.75) is 6.42 Å². The fraction of sp³-hybridized carbons (Fsp3) is 0.222. The third kappa shape index (κ3) is 5.49. The number of esters is 1. The van der Waals surface area contributed by atoms with Gasteiger partial charge in [0.2, 0.25) is 0 Å². The van der Waals surface area contributed by atoms with Crippen LogP contribution in [0.15, 0.2) is 42.5 Å². The first-order chi connectivity index (χ1) is 12.0. The number of nitrogens with one attached hydrogen (secondary N) is 1. The quantitative estimate of drug-likeness (QED) is 0.779. The van der Waals surface area contributed by atoms with Crippen molar-refractivity contribution < 1.29 is 28.2 Å². The molecule has 7 heteroatoms. The fourth-order valence-corrected chi connectivity index (χ4v) is 2.05. The highest BCUT2D eigenvalue weighted by Gasteiger charge is 2.12. The van der Waals surface area contributed by atoms with E-state index in [0.717, 1.165) is 0 Å². The van der Waals surface area contributed by atoms with E-state index in [1.165, 1.54) is 38.5 Å². The molecule has 0 saturated heterocycles. The van der Waals surface area contributed by atoms with E-state index >= 15 is 0 Å². The van der Waals surface area contributed by atoms with Gasteiger partial charge in [0.25, 0.3) is 5.91 Å². The van der Waals surface area contributed by atoms with Crippen molar-refractivity contribution >= 4 is 17.6 Å². The summed E-state index contributed by atoms with van der Waals surface area (Å²) < 4.78 is 28.0. The molecule has 0 aromatic heterocycles. The molecule has 0 aliphatic heterocycles. The average Bonchev–Trinajstić information content (AvgIpc) is 2.62.